The third-order valence-corrected chi connectivity index (χ3v) is 3.65. The highest BCUT2D eigenvalue weighted by atomic mass is 35.5. The maximum absolute atomic E-state index is 11.4. The Morgan fingerprint density at radius 2 is 2.18 bits per heavy atom. The zero-order valence-electron chi connectivity index (χ0n) is 9.66. The quantitative estimate of drug-likeness (QED) is 0.623. The van der Waals surface area contributed by atoms with Crippen LogP contribution < -0.4 is 0 Å². The van der Waals surface area contributed by atoms with Crippen LogP contribution in [0.2, 0.25) is 0 Å². The normalized spacial score (nSPS) is 10.5. The zero-order chi connectivity index (χ0) is 12.4. The highest BCUT2D eigenvalue weighted by Crippen LogP contribution is 2.26. The van der Waals surface area contributed by atoms with Crippen LogP contribution in [-0.4, -0.2) is 16.6 Å². The van der Waals surface area contributed by atoms with E-state index in [1.54, 1.807) is 0 Å². The average Bonchev–Trinajstić information content (AvgIpc) is 2.77. The lowest BCUT2D eigenvalue weighted by Gasteiger charge is -2.03. The van der Waals surface area contributed by atoms with Crippen molar-refractivity contribution in [3.63, 3.8) is 0 Å². The summed E-state index contributed by atoms with van der Waals surface area (Å²) in [5.74, 6) is -0.132. The molecule has 0 aliphatic carbocycles. The van der Waals surface area contributed by atoms with Gasteiger partial charge >= 0.3 is 0 Å². The predicted octanol–water partition coefficient (Wildman–Crippen LogP) is 3.85. The Balaban J connectivity index is 2.40. The van der Waals surface area contributed by atoms with E-state index in [-0.39, 0.29) is 11.7 Å². The maximum atomic E-state index is 11.4. The van der Waals surface area contributed by atoms with Crippen molar-refractivity contribution in [2.24, 2.45) is 0 Å². The van der Waals surface area contributed by atoms with E-state index in [0.29, 0.717) is 5.01 Å². The fourth-order valence-corrected chi connectivity index (χ4v) is 2.65. The molecule has 0 saturated carbocycles. The number of alkyl halides is 1. The first kappa shape index (κ1) is 12.3. The summed E-state index contributed by atoms with van der Waals surface area (Å²) in [6.45, 7) is 4.10. The Bertz CT molecular complexity index is 562. The molecule has 1 heterocycles. The lowest BCUT2D eigenvalue weighted by molar-refractivity contribution is 0.102. The number of hydrogen-bond donors (Lipinski definition) is 0. The van der Waals surface area contributed by atoms with Crippen LogP contribution in [0.15, 0.2) is 23.6 Å². The van der Waals surface area contributed by atoms with Crippen LogP contribution in [-0.2, 0) is 0 Å². The molecule has 4 heteroatoms. The number of carbonyl (C=O) groups excluding carboxylic acids is 1. The molecule has 2 aromatic rings. The van der Waals surface area contributed by atoms with Gasteiger partial charge in [-0.3, -0.25) is 4.79 Å². The molecule has 0 saturated heterocycles. The lowest BCUT2D eigenvalue weighted by atomic mass is 10.0. The van der Waals surface area contributed by atoms with Crippen LogP contribution in [0.25, 0.3) is 11.3 Å². The number of thiazole rings is 1. The van der Waals surface area contributed by atoms with Gasteiger partial charge in [-0.15, -0.1) is 22.9 Å². The van der Waals surface area contributed by atoms with Gasteiger partial charge in [0.15, 0.2) is 5.01 Å². The van der Waals surface area contributed by atoms with Crippen molar-refractivity contribution in [1.82, 2.24) is 4.98 Å². The number of Topliss-reactive ketones (excluding diaryl/α,β-unsaturated/α-hetero) is 1. The van der Waals surface area contributed by atoms with Gasteiger partial charge in [0.05, 0.1) is 11.6 Å². The molecular weight excluding hydrogens is 254 g/mol. The molecule has 0 N–H and O–H groups in total. The van der Waals surface area contributed by atoms with E-state index >= 15 is 0 Å². The third kappa shape index (κ3) is 2.56. The van der Waals surface area contributed by atoms with Gasteiger partial charge in [0.25, 0.3) is 0 Å². The molecule has 1 aromatic heterocycles. The summed E-state index contributed by atoms with van der Waals surface area (Å²) in [6, 6.07) is 6.19. The standard InChI is InChI=1S/C13H12ClNOS/c1-8-3-4-10(9(2)5-8)11-7-17-13(15-11)12(16)6-14/h3-5,7H,6H2,1-2H3. The summed E-state index contributed by atoms with van der Waals surface area (Å²) in [4.78, 5) is 15.7. The monoisotopic (exact) mass is 265 g/mol. The molecule has 0 spiro atoms. The highest BCUT2D eigenvalue weighted by Gasteiger charge is 2.12. The van der Waals surface area contributed by atoms with E-state index in [0.717, 1.165) is 11.3 Å². The number of nitrogens with zero attached hydrogens (tertiary/aromatic N) is 1. The number of aryl methyl sites for hydroxylation is 2. The minimum atomic E-state index is -0.118. The van der Waals surface area contributed by atoms with Crippen LogP contribution in [0.5, 0.6) is 0 Å². The summed E-state index contributed by atoms with van der Waals surface area (Å²) < 4.78 is 0. The van der Waals surface area contributed by atoms with Crippen LogP contribution >= 0.6 is 22.9 Å². The van der Waals surface area contributed by atoms with Crippen molar-refractivity contribution in [2.45, 2.75) is 13.8 Å². The average molecular weight is 266 g/mol. The van der Waals surface area contributed by atoms with Crippen molar-refractivity contribution >= 4 is 28.7 Å². The second-order valence-electron chi connectivity index (χ2n) is 3.91. The number of halogens is 1. The Morgan fingerprint density at radius 3 is 2.82 bits per heavy atom. The van der Waals surface area contributed by atoms with Crippen molar-refractivity contribution in [2.75, 3.05) is 5.88 Å². The van der Waals surface area contributed by atoms with Gasteiger partial charge in [0, 0.05) is 10.9 Å². The van der Waals surface area contributed by atoms with E-state index < -0.39 is 0 Å². The molecule has 0 aliphatic rings. The van der Waals surface area contributed by atoms with Gasteiger partial charge < -0.3 is 0 Å². The van der Waals surface area contributed by atoms with E-state index in [9.17, 15) is 4.79 Å². The van der Waals surface area contributed by atoms with Crippen molar-refractivity contribution < 1.29 is 4.79 Å². The Labute approximate surface area is 109 Å². The third-order valence-electron chi connectivity index (χ3n) is 2.52. The van der Waals surface area contributed by atoms with Gasteiger partial charge in [-0.25, -0.2) is 4.98 Å². The highest BCUT2D eigenvalue weighted by molar-refractivity contribution is 7.12. The molecule has 2 rings (SSSR count). The Kier molecular flexibility index (Phi) is 3.60. The molecule has 17 heavy (non-hydrogen) atoms. The van der Waals surface area contributed by atoms with Crippen LogP contribution in [0, 0.1) is 13.8 Å². The molecule has 0 aliphatic heterocycles. The van der Waals surface area contributed by atoms with E-state index in [2.05, 4.69) is 18.0 Å². The largest absolute Gasteiger partial charge is 0.290 e. The van der Waals surface area contributed by atoms with Gasteiger partial charge in [-0.05, 0) is 19.4 Å². The number of benzene rings is 1. The summed E-state index contributed by atoms with van der Waals surface area (Å²) >= 11 is 6.86. The fraction of sp³-hybridized carbons (Fsp3) is 0.231. The number of hydrogen-bond acceptors (Lipinski definition) is 3. The topological polar surface area (TPSA) is 30.0 Å². The number of ketones is 1. The molecule has 2 nitrogen and oxygen atoms in total. The predicted molar refractivity (Wildman–Crippen MR) is 72.1 cm³/mol. The second kappa shape index (κ2) is 4.98. The second-order valence-corrected chi connectivity index (χ2v) is 5.04. The number of carbonyl (C=O) groups is 1. The van der Waals surface area contributed by atoms with E-state index in [1.807, 2.05) is 24.4 Å². The van der Waals surface area contributed by atoms with Crippen LogP contribution in [0.4, 0.5) is 0 Å². The summed E-state index contributed by atoms with van der Waals surface area (Å²) in [5.41, 5.74) is 4.31. The molecule has 1 aromatic carbocycles. The lowest BCUT2D eigenvalue weighted by Crippen LogP contribution is -1.99. The molecule has 0 fully saturated rings. The first-order valence-corrected chi connectivity index (χ1v) is 6.65. The van der Waals surface area contributed by atoms with E-state index in [4.69, 9.17) is 11.6 Å². The van der Waals surface area contributed by atoms with Crippen molar-refractivity contribution in [3.05, 3.63) is 39.7 Å². The fourth-order valence-electron chi connectivity index (χ4n) is 1.68. The Hall–Kier alpha value is -1.19. The summed E-state index contributed by atoms with van der Waals surface area (Å²) in [7, 11) is 0. The van der Waals surface area contributed by atoms with Crippen molar-refractivity contribution in [1.29, 1.82) is 0 Å². The van der Waals surface area contributed by atoms with Gasteiger partial charge in [0.2, 0.25) is 5.78 Å². The molecule has 0 amide bonds. The van der Waals surface area contributed by atoms with E-state index in [1.165, 1.54) is 22.5 Å². The Morgan fingerprint density at radius 1 is 1.41 bits per heavy atom. The minimum Gasteiger partial charge on any atom is -0.290 e. The van der Waals surface area contributed by atoms with Gasteiger partial charge in [0.1, 0.15) is 0 Å². The molecule has 0 bridgehead atoms. The summed E-state index contributed by atoms with van der Waals surface area (Å²) in [6.07, 6.45) is 0. The zero-order valence-corrected chi connectivity index (χ0v) is 11.2. The molecular formula is C13H12ClNOS. The molecule has 0 unspecified atom stereocenters. The SMILES string of the molecule is Cc1ccc(-c2csc(C(=O)CCl)n2)c(C)c1. The molecule has 0 radical (unpaired) electrons. The maximum Gasteiger partial charge on any atom is 0.206 e. The van der Waals surface area contributed by atoms with Crippen molar-refractivity contribution in [3.8, 4) is 11.3 Å². The first-order chi connectivity index (χ1) is 8.11. The first-order valence-electron chi connectivity index (χ1n) is 5.24. The molecule has 0 atom stereocenters. The van der Waals surface area contributed by atoms with Gasteiger partial charge in [-0.2, -0.15) is 0 Å². The summed E-state index contributed by atoms with van der Waals surface area (Å²) in [5, 5.41) is 2.38. The van der Waals surface area contributed by atoms with Crippen LogP contribution in [0.1, 0.15) is 20.9 Å². The van der Waals surface area contributed by atoms with Gasteiger partial charge in [-0.1, -0.05) is 23.8 Å². The number of aromatic nitrogens is 1. The smallest absolute Gasteiger partial charge is 0.206 e. The number of rotatable bonds is 3. The molecule has 88 valence electrons. The van der Waals surface area contributed by atoms with Crippen LogP contribution in [0.3, 0.4) is 0 Å². The minimum absolute atomic E-state index is 0.0141.